The minimum Gasteiger partial charge on any atom is -0.379 e. The van der Waals surface area contributed by atoms with Crippen molar-refractivity contribution in [2.45, 2.75) is 0 Å². The minimum absolute atomic E-state index is 0. The van der Waals surface area contributed by atoms with E-state index in [1.165, 1.54) is 5.34 Å². The van der Waals surface area contributed by atoms with Crippen molar-refractivity contribution in [3.05, 3.63) is 4.91 Å². The van der Waals surface area contributed by atoms with E-state index in [9.17, 15) is 0 Å². The molecule has 4 heteroatoms. The van der Waals surface area contributed by atoms with E-state index in [0.29, 0.717) is 0 Å². The van der Waals surface area contributed by atoms with Gasteiger partial charge in [0.1, 0.15) is 0 Å². The molecule has 0 amide bonds. The molecular weight excluding hydrogens is 255 g/mol. The van der Waals surface area contributed by atoms with Crippen LogP contribution >= 0.6 is 0 Å². The van der Waals surface area contributed by atoms with Crippen molar-refractivity contribution < 1.29 is 5.21 Å². The van der Waals surface area contributed by atoms with E-state index in [1.807, 2.05) is 0 Å². The fourth-order valence-electron chi connectivity index (χ4n) is 0. The van der Waals surface area contributed by atoms with Crippen LogP contribution in [0.5, 0.6) is 0 Å². The van der Waals surface area contributed by atoms with E-state index in [-0.39, 0.29) is 26.2 Å². The van der Waals surface area contributed by atoms with Crippen LogP contribution in [0, 0.1) is 4.91 Å². The zero-order valence-corrected chi connectivity index (χ0v) is 5.23. The topological polar surface area (TPSA) is 49.7 Å². The Morgan fingerprint density at radius 1 is 1.75 bits per heavy atom. The van der Waals surface area contributed by atoms with Crippen molar-refractivity contribution in [2.75, 3.05) is 0 Å². The molecule has 0 heterocycles. The van der Waals surface area contributed by atoms with Crippen LogP contribution < -0.4 is 0 Å². The maximum Gasteiger partial charge on any atom is 0.152 e. The average Bonchev–Trinajstić information content (AvgIpc) is 0.918. The molecule has 3 nitrogen and oxygen atoms in total. The molecular formula is HBiNO2. The van der Waals surface area contributed by atoms with Crippen molar-refractivity contribution in [1.82, 2.24) is 0 Å². The van der Waals surface area contributed by atoms with Gasteiger partial charge in [0, 0.05) is 26.2 Å². The standard InChI is InChI=1S/Bi.HNO2/c;2-1-3/h;(H,2,3). The Labute approximate surface area is 42.1 Å². The van der Waals surface area contributed by atoms with Crippen LogP contribution in [0.2, 0.25) is 0 Å². The zero-order valence-electron chi connectivity index (χ0n) is 1.75. The van der Waals surface area contributed by atoms with Crippen LogP contribution in [0.4, 0.5) is 0 Å². The Bertz CT molecular complexity index is 13.5. The normalized spacial score (nSPS) is 3.00. The van der Waals surface area contributed by atoms with Gasteiger partial charge in [-0.05, 0) is 0 Å². The molecule has 1 N–H and O–H groups in total. The third kappa shape index (κ3) is 46.9. The van der Waals surface area contributed by atoms with Gasteiger partial charge in [-0.2, -0.15) is 0 Å². The van der Waals surface area contributed by atoms with Crippen molar-refractivity contribution in [3.63, 3.8) is 0 Å². The largest absolute Gasteiger partial charge is 0.379 e. The van der Waals surface area contributed by atoms with Gasteiger partial charge in [0.15, 0.2) is 5.34 Å². The monoisotopic (exact) mass is 256 g/mol. The third-order valence-electron chi connectivity index (χ3n) is 0. The first-order valence-electron chi connectivity index (χ1n) is 0.383. The summed E-state index contributed by atoms with van der Waals surface area (Å²) in [7, 11) is 0. The number of hydrogen-bond donors (Lipinski definition) is 1. The quantitative estimate of drug-likeness (QED) is 0.369. The molecule has 0 aromatic carbocycles. The summed E-state index contributed by atoms with van der Waals surface area (Å²) in [5.41, 5.74) is 0. The van der Waals surface area contributed by atoms with Crippen LogP contribution in [0.15, 0.2) is 5.34 Å². The SMILES string of the molecule is O=NO.[Bi]. The molecule has 0 atom stereocenters. The van der Waals surface area contributed by atoms with Gasteiger partial charge in [-0.3, -0.25) is 0 Å². The number of rotatable bonds is 0. The fourth-order valence-corrected chi connectivity index (χ4v) is 0. The van der Waals surface area contributed by atoms with Gasteiger partial charge in [0.2, 0.25) is 0 Å². The summed E-state index contributed by atoms with van der Waals surface area (Å²) in [6.45, 7) is 0. The second-order valence-corrected chi connectivity index (χ2v) is 0.0816. The van der Waals surface area contributed by atoms with Crippen LogP contribution in [0.1, 0.15) is 0 Å². The molecule has 0 aromatic rings. The molecule has 0 aliphatic heterocycles. The van der Waals surface area contributed by atoms with E-state index in [4.69, 9.17) is 10.1 Å². The number of hydrogen-bond acceptors (Lipinski definition) is 2. The molecule has 0 spiro atoms. The molecule has 0 unspecified atom stereocenters. The maximum atomic E-state index is 8.11. The van der Waals surface area contributed by atoms with Crippen LogP contribution in [-0.2, 0) is 0 Å². The van der Waals surface area contributed by atoms with Crippen molar-refractivity contribution in [2.24, 2.45) is 5.34 Å². The molecule has 0 saturated carbocycles. The average molecular weight is 256 g/mol. The van der Waals surface area contributed by atoms with Crippen LogP contribution in [0.25, 0.3) is 0 Å². The Morgan fingerprint density at radius 3 is 1.75 bits per heavy atom. The predicted octanol–water partition coefficient (Wildman–Crippen LogP) is -0.239. The van der Waals surface area contributed by atoms with Gasteiger partial charge in [0.25, 0.3) is 0 Å². The van der Waals surface area contributed by atoms with Crippen LogP contribution in [0.3, 0.4) is 0 Å². The molecule has 0 bridgehead atoms. The minimum atomic E-state index is 0. The molecule has 0 fully saturated rings. The summed E-state index contributed by atoms with van der Waals surface area (Å²) in [6.07, 6.45) is 0. The zero-order chi connectivity index (χ0) is 2.71. The van der Waals surface area contributed by atoms with Crippen molar-refractivity contribution >= 4 is 26.2 Å². The molecule has 0 aliphatic rings. The van der Waals surface area contributed by atoms with Crippen LogP contribution in [-0.4, -0.2) is 31.4 Å². The third-order valence-corrected chi connectivity index (χ3v) is 0. The first-order chi connectivity index (χ1) is 1.41. The summed E-state index contributed by atoms with van der Waals surface area (Å²) in [5.74, 6) is 0. The Morgan fingerprint density at radius 2 is 1.75 bits per heavy atom. The van der Waals surface area contributed by atoms with E-state index >= 15 is 0 Å². The second kappa shape index (κ2) is 10.4. The van der Waals surface area contributed by atoms with E-state index in [2.05, 4.69) is 0 Å². The first-order valence-corrected chi connectivity index (χ1v) is 0.383. The van der Waals surface area contributed by atoms with E-state index in [0.717, 1.165) is 0 Å². The molecule has 23 valence electrons. The Balaban J connectivity index is 0. The molecule has 3 radical (unpaired) electrons. The van der Waals surface area contributed by atoms with Gasteiger partial charge >= 0.3 is 0 Å². The fraction of sp³-hybridized carbons (Fsp3) is 0. The predicted molar refractivity (Wildman–Crippen MR) is 13.3 cm³/mol. The summed E-state index contributed by atoms with van der Waals surface area (Å²) in [6, 6.07) is 0. The smallest absolute Gasteiger partial charge is 0.152 e. The van der Waals surface area contributed by atoms with E-state index < -0.39 is 0 Å². The van der Waals surface area contributed by atoms with Gasteiger partial charge in [-0.25, -0.2) is 0 Å². The molecule has 0 rings (SSSR count). The van der Waals surface area contributed by atoms with Gasteiger partial charge in [-0.15, -0.1) is 4.91 Å². The molecule has 0 aliphatic carbocycles. The Kier molecular flexibility index (Phi) is 23.0. The van der Waals surface area contributed by atoms with E-state index in [1.54, 1.807) is 0 Å². The van der Waals surface area contributed by atoms with Gasteiger partial charge in [-0.1, -0.05) is 0 Å². The summed E-state index contributed by atoms with van der Waals surface area (Å²) < 4.78 is 0. The summed E-state index contributed by atoms with van der Waals surface area (Å²) in [5, 5.41) is 7.89. The summed E-state index contributed by atoms with van der Waals surface area (Å²) >= 11 is 0. The molecule has 0 aromatic heterocycles. The van der Waals surface area contributed by atoms with Crippen molar-refractivity contribution in [1.29, 1.82) is 0 Å². The molecule has 0 saturated heterocycles. The maximum absolute atomic E-state index is 8.11. The molecule has 4 heavy (non-hydrogen) atoms. The Hall–Kier alpha value is 0.283. The van der Waals surface area contributed by atoms with Crippen molar-refractivity contribution in [3.8, 4) is 0 Å². The number of nitrogens with zero attached hydrogens (tertiary/aromatic N) is 1. The first kappa shape index (κ1) is 8.86. The van der Waals surface area contributed by atoms with Gasteiger partial charge < -0.3 is 5.21 Å². The summed E-state index contributed by atoms with van der Waals surface area (Å²) in [4.78, 5) is 8.11. The van der Waals surface area contributed by atoms with Gasteiger partial charge in [0.05, 0.1) is 0 Å². The second-order valence-electron chi connectivity index (χ2n) is 0.0816.